The van der Waals surface area contributed by atoms with E-state index >= 15 is 0 Å². The smallest absolute Gasteiger partial charge is 0.744 e. The number of hydrogen-bond acceptors (Lipinski definition) is 7. The maximum atomic E-state index is 11.0. The van der Waals surface area contributed by atoms with Gasteiger partial charge in [0, 0.05) is 4.90 Å². The molecule has 0 radical (unpaired) electrons. The molecule has 0 aliphatic rings. The van der Waals surface area contributed by atoms with Gasteiger partial charge in [0.25, 0.3) is 0 Å². The monoisotopic (exact) mass is 346 g/mol. The molecule has 0 spiro atoms. The molecule has 0 amide bonds. The van der Waals surface area contributed by atoms with Crippen LogP contribution >= 0.6 is 12.0 Å². The van der Waals surface area contributed by atoms with E-state index in [9.17, 15) is 18.2 Å². The van der Waals surface area contributed by atoms with Crippen molar-refractivity contribution >= 4 is 32.9 Å². The minimum absolute atomic E-state index is 0. The SMILES string of the molecule is Cc1cc(S(=O)(=O)[O-])cc2cc(SOO[O-])ccc12.[Na+].[Na+]. The van der Waals surface area contributed by atoms with Gasteiger partial charge in [-0.05, 0) is 47.5 Å². The average Bonchev–Trinajstić information content (AvgIpc) is 2.34. The number of fused-ring (bicyclic) bond motifs is 1. The Hall–Kier alpha value is 0.840. The zero-order chi connectivity index (χ0) is 14.0. The maximum absolute atomic E-state index is 11.0. The Morgan fingerprint density at radius 1 is 1.14 bits per heavy atom. The van der Waals surface area contributed by atoms with Crippen LogP contribution in [0.3, 0.4) is 0 Å². The second kappa shape index (κ2) is 9.21. The largest absolute Gasteiger partial charge is 1.00 e. The summed E-state index contributed by atoms with van der Waals surface area (Å²) in [6.45, 7) is 1.71. The number of hydrogen-bond donors (Lipinski definition) is 0. The van der Waals surface area contributed by atoms with E-state index in [1.54, 1.807) is 25.1 Å². The Kier molecular flexibility index (Phi) is 9.58. The molecule has 0 unspecified atom stereocenters. The summed E-state index contributed by atoms with van der Waals surface area (Å²) in [6, 6.07) is 7.63. The van der Waals surface area contributed by atoms with Crippen LogP contribution < -0.4 is 64.4 Å². The fourth-order valence-corrected chi connectivity index (χ4v) is 2.75. The minimum Gasteiger partial charge on any atom is -0.744 e. The fraction of sp³-hybridized carbons (Fsp3) is 0.0909. The third-order valence-electron chi connectivity index (χ3n) is 2.55. The van der Waals surface area contributed by atoms with Crippen molar-refractivity contribution in [1.82, 2.24) is 0 Å². The first-order valence-corrected chi connectivity index (χ1v) is 7.20. The zero-order valence-corrected chi connectivity index (χ0v) is 17.3. The third-order valence-corrected chi connectivity index (χ3v) is 3.93. The van der Waals surface area contributed by atoms with Gasteiger partial charge in [0.1, 0.15) is 10.1 Å². The van der Waals surface area contributed by atoms with E-state index in [1.165, 1.54) is 12.1 Å². The molecule has 6 nitrogen and oxygen atoms in total. The standard InChI is InChI=1S/C11H10O6S2.2Na/c1-7-4-10(19(13,14)15)6-8-5-9(18-17-16-12)2-3-11(7)8;;/h2-6,12H,1H3,(H,13,14,15);;/q;2*+1/p-2. The van der Waals surface area contributed by atoms with Crippen molar-refractivity contribution in [3.63, 3.8) is 0 Å². The second-order valence-electron chi connectivity index (χ2n) is 3.80. The number of rotatable bonds is 4. The summed E-state index contributed by atoms with van der Waals surface area (Å²) in [5, 5.41) is 14.3. The van der Waals surface area contributed by atoms with E-state index in [4.69, 9.17) is 0 Å². The molecule has 0 aliphatic heterocycles. The van der Waals surface area contributed by atoms with Crippen LogP contribution in [0.2, 0.25) is 0 Å². The van der Waals surface area contributed by atoms with Gasteiger partial charge in [0.05, 0.1) is 16.9 Å². The third kappa shape index (κ3) is 5.76. The summed E-state index contributed by atoms with van der Waals surface area (Å²) in [5.74, 6) is 0. The summed E-state index contributed by atoms with van der Waals surface area (Å²) in [5.41, 5.74) is 0.671. The van der Waals surface area contributed by atoms with E-state index in [2.05, 4.69) is 9.37 Å². The molecule has 2 rings (SSSR count). The van der Waals surface area contributed by atoms with Crippen molar-refractivity contribution in [2.45, 2.75) is 16.7 Å². The van der Waals surface area contributed by atoms with Crippen LogP contribution in [-0.4, -0.2) is 13.0 Å². The summed E-state index contributed by atoms with van der Waals surface area (Å²) >= 11 is 0.692. The first-order chi connectivity index (χ1) is 8.91. The molecule has 10 heteroatoms. The Morgan fingerprint density at radius 2 is 1.81 bits per heavy atom. The van der Waals surface area contributed by atoms with E-state index < -0.39 is 10.1 Å². The molecule has 102 valence electrons. The fourth-order valence-electron chi connectivity index (χ4n) is 1.75. The molecule has 0 atom stereocenters. The quantitative estimate of drug-likeness (QED) is 0.180. The Morgan fingerprint density at radius 3 is 2.38 bits per heavy atom. The van der Waals surface area contributed by atoms with Gasteiger partial charge in [-0.25, -0.2) is 8.42 Å². The molecule has 21 heavy (non-hydrogen) atoms. The molecule has 0 aromatic heterocycles. The van der Waals surface area contributed by atoms with Crippen molar-refractivity contribution in [2.75, 3.05) is 0 Å². The molecular weight excluding hydrogens is 338 g/mol. The van der Waals surface area contributed by atoms with Crippen LogP contribution in [0.4, 0.5) is 0 Å². The van der Waals surface area contributed by atoms with Crippen molar-refractivity contribution in [1.29, 1.82) is 0 Å². The Balaban J connectivity index is 0.00000200. The molecule has 0 aliphatic carbocycles. The summed E-state index contributed by atoms with van der Waals surface area (Å²) in [6.07, 6.45) is 0. The number of benzene rings is 2. The van der Waals surface area contributed by atoms with E-state index in [0.29, 0.717) is 27.9 Å². The summed E-state index contributed by atoms with van der Waals surface area (Å²) in [7, 11) is -4.51. The van der Waals surface area contributed by atoms with Crippen LogP contribution in [-0.2, 0) is 19.5 Å². The van der Waals surface area contributed by atoms with Gasteiger partial charge in [-0.15, -0.1) is 0 Å². The maximum Gasteiger partial charge on any atom is 1.00 e. The average molecular weight is 346 g/mol. The van der Waals surface area contributed by atoms with Gasteiger partial charge in [-0.3, -0.25) is 5.04 Å². The topological polar surface area (TPSA) is 98.7 Å². The van der Waals surface area contributed by atoms with E-state index in [1.807, 2.05) is 0 Å². The molecule has 0 N–H and O–H groups in total. The van der Waals surface area contributed by atoms with Crippen LogP contribution in [0, 0.1) is 6.92 Å². The first kappa shape index (κ1) is 21.8. The summed E-state index contributed by atoms with van der Waals surface area (Å²) < 4.78 is 37.3. The second-order valence-corrected chi connectivity index (χ2v) is 5.95. The minimum atomic E-state index is -4.51. The van der Waals surface area contributed by atoms with Gasteiger partial charge >= 0.3 is 59.1 Å². The van der Waals surface area contributed by atoms with Crippen LogP contribution in [0.15, 0.2) is 40.1 Å². The van der Waals surface area contributed by atoms with Crippen molar-refractivity contribution in [2.24, 2.45) is 0 Å². The molecule has 0 heterocycles. The normalized spacial score (nSPS) is 10.8. The van der Waals surface area contributed by atoms with Crippen LogP contribution in [0.1, 0.15) is 5.56 Å². The summed E-state index contributed by atoms with van der Waals surface area (Å²) in [4.78, 5) is 0.254. The zero-order valence-electron chi connectivity index (χ0n) is 11.7. The molecule has 2 aromatic rings. The number of aryl methyl sites for hydroxylation is 1. The van der Waals surface area contributed by atoms with E-state index in [0.717, 1.165) is 5.39 Å². The Bertz CT molecular complexity index is 720. The van der Waals surface area contributed by atoms with Gasteiger partial charge in [0.2, 0.25) is 0 Å². The van der Waals surface area contributed by atoms with Gasteiger partial charge in [-0.2, -0.15) is 4.33 Å². The predicted molar refractivity (Wildman–Crippen MR) is 64.7 cm³/mol. The van der Waals surface area contributed by atoms with Crippen molar-refractivity contribution in [3.05, 3.63) is 35.9 Å². The van der Waals surface area contributed by atoms with Gasteiger partial charge in [0.15, 0.2) is 0 Å². The molecular formula is C11H8Na2O6S2. The molecule has 2 aromatic carbocycles. The van der Waals surface area contributed by atoms with Crippen LogP contribution in [0.25, 0.3) is 10.8 Å². The van der Waals surface area contributed by atoms with E-state index in [-0.39, 0.29) is 64.0 Å². The van der Waals surface area contributed by atoms with Gasteiger partial charge in [-0.1, -0.05) is 6.07 Å². The molecule has 0 bridgehead atoms. The Labute approximate surface area is 170 Å². The molecule has 0 saturated heterocycles. The predicted octanol–water partition coefficient (Wildman–Crippen LogP) is -4.71. The van der Waals surface area contributed by atoms with Crippen molar-refractivity contribution < 1.29 is 86.7 Å². The van der Waals surface area contributed by atoms with Gasteiger partial charge < -0.3 is 9.81 Å². The molecule has 0 saturated carbocycles. The molecule has 0 fully saturated rings. The first-order valence-electron chi connectivity index (χ1n) is 5.05. The van der Waals surface area contributed by atoms with Crippen LogP contribution in [0.5, 0.6) is 0 Å². The van der Waals surface area contributed by atoms with Crippen molar-refractivity contribution in [3.8, 4) is 0 Å².